The molecule has 1 N–H and O–H groups in total. The Morgan fingerprint density at radius 1 is 1.15 bits per heavy atom. The van der Waals surface area contributed by atoms with Gasteiger partial charge in [-0.15, -0.1) is 0 Å². The summed E-state index contributed by atoms with van der Waals surface area (Å²) in [6, 6.07) is 3.92. The van der Waals surface area contributed by atoms with Gasteiger partial charge >= 0.3 is 0 Å². The van der Waals surface area contributed by atoms with E-state index in [2.05, 4.69) is 5.32 Å². The van der Waals surface area contributed by atoms with Gasteiger partial charge in [0.15, 0.2) is 0 Å². The molecule has 1 aromatic carbocycles. The van der Waals surface area contributed by atoms with Gasteiger partial charge in [-0.05, 0) is 37.4 Å². The molecule has 1 unspecified atom stereocenters. The van der Waals surface area contributed by atoms with Crippen LogP contribution in [0.5, 0.6) is 0 Å². The maximum atomic E-state index is 13.9. The van der Waals surface area contributed by atoms with Crippen LogP contribution in [0.4, 0.5) is 8.78 Å². The van der Waals surface area contributed by atoms with Gasteiger partial charge in [0.25, 0.3) is 0 Å². The van der Waals surface area contributed by atoms with Gasteiger partial charge in [-0.3, -0.25) is 0 Å². The molecule has 3 heteroatoms. The second kappa shape index (κ2) is 7.72. The van der Waals surface area contributed by atoms with E-state index in [9.17, 15) is 8.78 Å². The minimum atomic E-state index is -0.431. The summed E-state index contributed by atoms with van der Waals surface area (Å²) in [6.07, 6.45) is 8.39. The second-order valence-electron chi connectivity index (χ2n) is 5.83. The smallest absolute Gasteiger partial charge is 0.130 e. The van der Waals surface area contributed by atoms with Crippen LogP contribution in [0.3, 0.4) is 0 Å². The van der Waals surface area contributed by atoms with E-state index in [4.69, 9.17) is 0 Å². The maximum Gasteiger partial charge on any atom is 0.130 e. The molecule has 20 heavy (non-hydrogen) atoms. The molecule has 1 saturated carbocycles. The summed E-state index contributed by atoms with van der Waals surface area (Å²) in [7, 11) is 0. The van der Waals surface area contributed by atoms with Crippen molar-refractivity contribution in [3.63, 3.8) is 0 Å². The van der Waals surface area contributed by atoms with E-state index in [1.54, 1.807) is 0 Å². The summed E-state index contributed by atoms with van der Waals surface area (Å²) in [5.74, 6) is -0.126. The predicted molar refractivity (Wildman–Crippen MR) is 78.6 cm³/mol. The van der Waals surface area contributed by atoms with Crippen molar-refractivity contribution in [2.75, 3.05) is 6.54 Å². The van der Waals surface area contributed by atoms with Crippen molar-refractivity contribution in [1.29, 1.82) is 0 Å². The van der Waals surface area contributed by atoms with Crippen LogP contribution in [-0.2, 0) is 0 Å². The summed E-state index contributed by atoms with van der Waals surface area (Å²) >= 11 is 0. The Bertz CT molecular complexity index is 393. The van der Waals surface area contributed by atoms with E-state index in [0.717, 1.165) is 25.3 Å². The minimum absolute atomic E-state index is 0.205. The highest BCUT2D eigenvalue weighted by atomic mass is 19.1. The summed E-state index contributed by atoms with van der Waals surface area (Å²) < 4.78 is 27.8. The Morgan fingerprint density at radius 3 is 2.40 bits per heavy atom. The van der Waals surface area contributed by atoms with Gasteiger partial charge in [0.05, 0.1) is 0 Å². The van der Waals surface area contributed by atoms with E-state index in [-0.39, 0.29) is 11.6 Å². The fourth-order valence-corrected chi connectivity index (χ4v) is 3.32. The molecule has 0 saturated heterocycles. The van der Waals surface area contributed by atoms with Gasteiger partial charge < -0.3 is 5.32 Å². The van der Waals surface area contributed by atoms with Gasteiger partial charge in [-0.25, -0.2) is 8.78 Å². The lowest BCUT2D eigenvalue weighted by Gasteiger charge is -2.25. The fourth-order valence-electron chi connectivity index (χ4n) is 3.32. The molecule has 0 aromatic heterocycles. The highest BCUT2D eigenvalue weighted by molar-refractivity contribution is 5.23. The third-order valence-corrected chi connectivity index (χ3v) is 4.39. The van der Waals surface area contributed by atoms with E-state index < -0.39 is 11.6 Å². The summed E-state index contributed by atoms with van der Waals surface area (Å²) in [5.41, 5.74) is 0.213. The lowest BCUT2D eigenvalue weighted by Crippen LogP contribution is -2.24. The molecule has 1 aromatic rings. The monoisotopic (exact) mass is 281 g/mol. The Morgan fingerprint density at radius 2 is 1.80 bits per heavy atom. The number of rotatable bonds is 6. The number of benzene rings is 1. The summed E-state index contributed by atoms with van der Waals surface area (Å²) in [4.78, 5) is 0. The van der Waals surface area contributed by atoms with Crippen LogP contribution in [0.2, 0.25) is 0 Å². The molecule has 2 rings (SSSR count). The van der Waals surface area contributed by atoms with E-state index in [1.807, 2.05) is 6.92 Å². The molecule has 1 atom stereocenters. The topological polar surface area (TPSA) is 12.0 Å². The van der Waals surface area contributed by atoms with Gasteiger partial charge in [-0.2, -0.15) is 0 Å². The Labute approximate surface area is 120 Å². The van der Waals surface area contributed by atoms with Crippen molar-refractivity contribution in [3.05, 3.63) is 35.4 Å². The van der Waals surface area contributed by atoms with Crippen molar-refractivity contribution in [3.8, 4) is 0 Å². The Hall–Kier alpha value is -0.960. The lowest BCUT2D eigenvalue weighted by atomic mass is 9.84. The van der Waals surface area contributed by atoms with Crippen molar-refractivity contribution >= 4 is 0 Å². The molecule has 112 valence electrons. The minimum Gasteiger partial charge on any atom is -0.310 e. The van der Waals surface area contributed by atoms with Crippen molar-refractivity contribution in [2.24, 2.45) is 5.92 Å². The van der Waals surface area contributed by atoms with E-state index in [1.165, 1.54) is 50.3 Å². The number of hydrogen-bond donors (Lipinski definition) is 1. The van der Waals surface area contributed by atoms with E-state index in [0.29, 0.717) is 0 Å². The standard InChI is InChI=1S/C17H25F2N/c1-2-20-16(12-11-13-7-4-3-5-8-13)17-14(18)9-6-10-15(17)19/h6,9-10,13,16,20H,2-5,7-8,11-12H2,1H3. The molecule has 0 bridgehead atoms. The SMILES string of the molecule is CCNC(CCC1CCCCC1)c1c(F)cccc1F. The van der Waals surface area contributed by atoms with Crippen LogP contribution in [-0.4, -0.2) is 6.54 Å². The molecule has 0 aliphatic heterocycles. The zero-order chi connectivity index (χ0) is 14.4. The van der Waals surface area contributed by atoms with Crippen LogP contribution in [0, 0.1) is 17.6 Å². The van der Waals surface area contributed by atoms with Crippen molar-refractivity contribution in [2.45, 2.75) is 57.9 Å². The highest BCUT2D eigenvalue weighted by Crippen LogP contribution is 2.31. The maximum absolute atomic E-state index is 13.9. The van der Waals surface area contributed by atoms with Crippen LogP contribution < -0.4 is 5.32 Å². The summed E-state index contributed by atoms with van der Waals surface area (Å²) in [5, 5.41) is 3.24. The Kier molecular flexibility index (Phi) is 5.96. The first kappa shape index (κ1) is 15.4. The largest absolute Gasteiger partial charge is 0.310 e. The Balaban J connectivity index is 2.02. The first-order valence-electron chi connectivity index (χ1n) is 7.89. The molecule has 1 nitrogen and oxygen atoms in total. The highest BCUT2D eigenvalue weighted by Gasteiger charge is 2.21. The third kappa shape index (κ3) is 4.02. The quantitative estimate of drug-likeness (QED) is 0.775. The fraction of sp³-hybridized carbons (Fsp3) is 0.647. The molecule has 0 spiro atoms. The number of halogens is 2. The molecular formula is C17H25F2N. The molecule has 0 radical (unpaired) electrons. The molecule has 0 amide bonds. The van der Waals surface area contributed by atoms with Gasteiger partial charge in [0, 0.05) is 11.6 Å². The first-order valence-corrected chi connectivity index (χ1v) is 7.89. The molecule has 0 heterocycles. The number of hydrogen-bond acceptors (Lipinski definition) is 1. The average molecular weight is 281 g/mol. The van der Waals surface area contributed by atoms with Crippen molar-refractivity contribution < 1.29 is 8.78 Å². The van der Waals surface area contributed by atoms with Gasteiger partial charge in [0.1, 0.15) is 11.6 Å². The first-order chi connectivity index (χ1) is 9.72. The molecule has 1 aliphatic carbocycles. The molecule has 1 fully saturated rings. The summed E-state index contributed by atoms with van der Waals surface area (Å²) in [6.45, 7) is 2.70. The van der Waals surface area contributed by atoms with Crippen LogP contribution in [0.15, 0.2) is 18.2 Å². The van der Waals surface area contributed by atoms with Crippen LogP contribution >= 0.6 is 0 Å². The van der Waals surface area contributed by atoms with Crippen LogP contribution in [0.25, 0.3) is 0 Å². The van der Waals surface area contributed by atoms with Crippen LogP contribution in [0.1, 0.15) is 63.5 Å². The average Bonchev–Trinajstić information content (AvgIpc) is 2.45. The molecular weight excluding hydrogens is 256 g/mol. The lowest BCUT2D eigenvalue weighted by molar-refractivity contribution is 0.311. The third-order valence-electron chi connectivity index (χ3n) is 4.39. The zero-order valence-corrected chi connectivity index (χ0v) is 12.3. The zero-order valence-electron chi connectivity index (χ0n) is 12.3. The van der Waals surface area contributed by atoms with E-state index >= 15 is 0 Å². The van der Waals surface area contributed by atoms with Gasteiger partial charge in [0.2, 0.25) is 0 Å². The normalized spacial score (nSPS) is 18.1. The van der Waals surface area contributed by atoms with Crippen molar-refractivity contribution in [1.82, 2.24) is 5.32 Å². The molecule has 1 aliphatic rings. The van der Waals surface area contributed by atoms with Gasteiger partial charge in [-0.1, -0.05) is 45.1 Å². The second-order valence-corrected chi connectivity index (χ2v) is 5.83. The predicted octanol–water partition coefficient (Wildman–Crippen LogP) is 4.98. The number of nitrogens with one attached hydrogen (secondary N) is 1.